The molecular formula is C18H20N2O3S. The first-order valence-corrected chi connectivity index (χ1v) is 9.51. The van der Waals surface area contributed by atoms with Crippen molar-refractivity contribution in [1.82, 2.24) is 0 Å². The molecule has 0 saturated carbocycles. The van der Waals surface area contributed by atoms with Gasteiger partial charge in [-0.3, -0.25) is 9.52 Å². The van der Waals surface area contributed by atoms with Crippen molar-refractivity contribution in [3.63, 3.8) is 0 Å². The average molecular weight is 344 g/mol. The Morgan fingerprint density at radius 2 is 1.83 bits per heavy atom. The molecule has 0 saturated heterocycles. The number of carbonyl (C=O) groups is 1. The van der Waals surface area contributed by atoms with E-state index in [4.69, 9.17) is 0 Å². The minimum atomic E-state index is -3.60. The summed E-state index contributed by atoms with van der Waals surface area (Å²) in [5, 5.41) is 0. The summed E-state index contributed by atoms with van der Waals surface area (Å²) in [6.07, 6.45) is 1.98. The van der Waals surface area contributed by atoms with Crippen molar-refractivity contribution in [1.29, 1.82) is 0 Å². The molecule has 5 nitrogen and oxygen atoms in total. The van der Waals surface area contributed by atoms with Crippen molar-refractivity contribution in [3.05, 3.63) is 54.1 Å². The third kappa shape index (κ3) is 3.28. The molecule has 6 heteroatoms. The first-order valence-electron chi connectivity index (χ1n) is 8.02. The molecule has 0 fully saturated rings. The highest BCUT2D eigenvalue weighted by atomic mass is 32.2. The third-order valence-corrected chi connectivity index (χ3v) is 5.43. The zero-order valence-electron chi connectivity index (χ0n) is 13.5. The first kappa shape index (κ1) is 16.5. The van der Waals surface area contributed by atoms with E-state index >= 15 is 0 Å². The molecule has 0 atom stereocenters. The van der Waals surface area contributed by atoms with Crippen molar-refractivity contribution in [2.75, 3.05) is 16.2 Å². The quantitative estimate of drug-likeness (QED) is 0.906. The molecule has 0 bridgehead atoms. The molecule has 1 N–H and O–H groups in total. The molecule has 1 aliphatic rings. The van der Waals surface area contributed by atoms with E-state index in [9.17, 15) is 13.2 Å². The van der Waals surface area contributed by atoms with Gasteiger partial charge in [-0.15, -0.1) is 0 Å². The van der Waals surface area contributed by atoms with Crippen LogP contribution in [0, 0.1) is 0 Å². The molecule has 0 aromatic heterocycles. The number of aryl methyl sites for hydroxylation is 1. The van der Waals surface area contributed by atoms with E-state index in [1.54, 1.807) is 41.3 Å². The average Bonchev–Trinajstić information content (AvgIpc) is 2.58. The van der Waals surface area contributed by atoms with Crippen LogP contribution < -0.4 is 9.62 Å². The molecule has 0 aliphatic carbocycles. The summed E-state index contributed by atoms with van der Waals surface area (Å²) in [7, 11) is -3.60. The van der Waals surface area contributed by atoms with E-state index in [1.165, 1.54) is 0 Å². The summed E-state index contributed by atoms with van der Waals surface area (Å²) in [6, 6.07) is 13.6. The van der Waals surface area contributed by atoms with Gasteiger partial charge in [-0.2, -0.15) is 0 Å². The van der Waals surface area contributed by atoms with Gasteiger partial charge in [-0.25, -0.2) is 8.42 Å². The number of nitrogens with zero attached hydrogens (tertiary/aromatic N) is 1. The standard InChI is InChI=1S/C18H20N2O3S/c1-2-12-20-17-10-9-15(13-14(17)8-11-18(20)21)19-24(22,23)16-6-4-3-5-7-16/h3-7,9-10,13,19H,2,8,11-12H2,1H3. The van der Waals surface area contributed by atoms with Crippen LogP contribution in [0.15, 0.2) is 53.4 Å². The first-order chi connectivity index (χ1) is 11.5. The lowest BCUT2D eigenvalue weighted by Crippen LogP contribution is -2.35. The molecular weight excluding hydrogens is 324 g/mol. The second kappa shape index (κ2) is 6.65. The number of amides is 1. The smallest absolute Gasteiger partial charge is 0.261 e. The van der Waals surface area contributed by atoms with Crippen LogP contribution in [-0.2, 0) is 21.2 Å². The van der Waals surface area contributed by atoms with Crippen molar-refractivity contribution >= 4 is 27.3 Å². The van der Waals surface area contributed by atoms with Crippen molar-refractivity contribution in [2.24, 2.45) is 0 Å². The highest BCUT2D eigenvalue weighted by Gasteiger charge is 2.24. The van der Waals surface area contributed by atoms with Gasteiger partial charge in [-0.05, 0) is 48.7 Å². The molecule has 2 aromatic rings. The maximum Gasteiger partial charge on any atom is 0.261 e. The van der Waals surface area contributed by atoms with Gasteiger partial charge in [0.1, 0.15) is 0 Å². The Bertz CT molecular complexity index is 848. The fourth-order valence-electron chi connectivity index (χ4n) is 2.91. The van der Waals surface area contributed by atoms with Crippen molar-refractivity contribution < 1.29 is 13.2 Å². The number of hydrogen-bond donors (Lipinski definition) is 1. The molecule has 1 amide bonds. The molecule has 0 unspecified atom stereocenters. The number of anilines is 2. The summed E-state index contributed by atoms with van der Waals surface area (Å²) in [4.78, 5) is 14.1. The molecule has 1 aliphatic heterocycles. The van der Waals surface area contributed by atoms with Crippen LogP contribution in [0.2, 0.25) is 0 Å². The Hall–Kier alpha value is -2.34. The van der Waals surface area contributed by atoms with E-state index in [1.807, 2.05) is 19.1 Å². The Morgan fingerprint density at radius 1 is 1.08 bits per heavy atom. The van der Waals surface area contributed by atoms with Gasteiger partial charge in [0.25, 0.3) is 10.0 Å². The van der Waals surface area contributed by atoms with Crippen LogP contribution in [0.25, 0.3) is 0 Å². The highest BCUT2D eigenvalue weighted by Crippen LogP contribution is 2.31. The summed E-state index contributed by atoms with van der Waals surface area (Å²) >= 11 is 0. The monoisotopic (exact) mass is 344 g/mol. The predicted molar refractivity (Wildman–Crippen MR) is 94.7 cm³/mol. The lowest BCUT2D eigenvalue weighted by atomic mass is 10.0. The zero-order valence-corrected chi connectivity index (χ0v) is 14.3. The normalized spacial score (nSPS) is 14.4. The summed E-state index contributed by atoms with van der Waals surface area (Å²) < 4.78 is 27.4. The Labute approximate surface area is 142 Å². The van der Waals surface area contributed by atoms with Gasteiger partial charge in [0, 0.05) is 24.3 Å². The number of rotatable bonds is 5. The van der Waals surface area contributed by atoms with Gasteiger partial charge in [0.15, 0.2) is 0 Å². The van der Waals surface area contributed by atoms with E-state index in [-0.39, 0.29) is 10.8 Å². The molecule has 1 heterocycles. The second-order valence-corrected chi connectivity index (χ2v) is 7.49. The summed E-state index contributed by atoms with van der Waals surface area (Å²) in [5.41, 5.74) is 2.40. The second-order valence-electron chi connectivity index (χ2n) is 5.81. The Balaban J connectivity index is 1.88. The summed E-state index contributed by atoms with van der Waals surface area (Å²) in [6.45, 7) is 2.71. The molecule has 126 valence electrons. The topological polar surface area (TPSA) is 66.5 Å². The van der Waals surface area contributed by atoms with Gasteiger partial charge in [-0.1, -0.05) is 25.1 Å². The lowest BCUT2D eigenvalue weighted by molar-refractivity contribution is -0.118. The van der Waals surface area contributed by atoms with Crippen LogP contribution >= 0.6 is 0 Å². The number of sulfonamides is 1. The number of hydrogen-bond acceptors (Lipinski definition) is 3. The largest absolute Gasteiger partial charge is 0.312 e. The fourth-order valence-corrected chi connectivity index (χ4v) is 3.98. The predicted octanol–water partition coefficient (Wildman–Crippen LogP) is 3.18. The Kier molecular flexibility index (Phi) is 4.57. The number of carbonyl (C=O) groups excluding carboxylic acids is 1. The number of nitrogens with one attached hydrogen (secondary N) is 1. The van der Waals surface area contributed by atoms with Crippen LogP contribution in [0.3, 0.4) is 0 Å². The fraction of sp³-hybridized carbons (Fsp3) is 0.278. The van der Waals surface area contributed by atoms with E-state index < -0.39 is 10.0 Å². The lowest BCUT2D eigenvalue weighted by Gasteiger charge is -2.29. The maximum absolute atomic E-state index is 12.4. The Morgan fingerprint density at radius 3 is 2.54 bits per heavy atom. The number of fused-ring (bicyclic) bond motifs is 1. The van der Waals surface area contributed by atoms with Gasteiger partial charge >= 0.3 is 0 Å². The van der Waals surface area contributed by atoms with Gasteiger partial charge < -0.3 is 4.90 Å². The van der Waals surface area contributed by atoms with Crippen LogP contribution in [0.1, 0.15) is 25.3 Å². The van der Waals surface area contributed by atoms with Crippen LogP contribution in [0.5, 0.6) is 0 Å². The van der Waals surface area contributed by atoms with Gasteiger partial charge in [0.2, 0.25) is 5.91 Å². The van der Waals surface area contributed by atoms with Crippen LogP contribution in [-0.4, -0.2) is 20.9 Å². The zero-order chi connectivity index (χ0) is 17.2. The van der Waals surface area contributed by atoms with E-state index in [2.05, 4.69) is 4.72 Å². The molecule has 0 spiro atoms. The SMILES string of the molecule is CCCN1C(=O)CCc2cc(NS(=O)(=O)c3ccccc3)ccc21. The summed E-state index contributed by atoms with van der Waals surface area (Å²) in [5.74, 6) is 0.127. The number of benzene rings is 2. The van der Waals surface area contributed by atoms with Crippen molar-refractivity contribution in [2.45, 2.75) is 31.1 Å². The maximum atomic E-state index is 12.4. The van der Waals surface area contributed by atoms with E-state index in [0.717, 1.165) is 17.7 Å². The molecule has 3 rings (SSSR count). The van der Waals surface area contributed by atoms with Gasteiger partial charge in [0.05, 0.1) is 4.90 Å². The minimum Gasteiger partial charge on any atom is -0.312 e. The highest BCUT2D eigenvalue weighted by molar-refractivity contribution is 7.92. The molecule has 24 heavy (non-hydrogen) atoms. The third-order valence-electron chi connectivity index (χ3n) is 4.03. The van der Waals surface area contributed by atoms with Crippen molar-refractivity contribution in [3.8, 4) is 0 Å². The van der Waals surface area contributed by atoms with E-state index in [0.29, 0.717) is 25.1 Å². The molecule has 2 aromatic carbocycles. The minimum absolute atomic E-state index is 0.127. The van der Waals surface area contributed by atoms with Crippen LogP contribution in [0.4, 0.5) is 11.4 Å². The molecule has 0 radical (unpaired) electrons.